The molecule has 7 aliphatic rings. The van der Waals surface area contributed by atoms with Crippen LogP contribution in [0.15, 0.2) is 11.3 Å². The van der Waals surface area contributed by atoms with E-state index in [1.165, 1.54) is 0 Å². The zero-order valence-electron chi connectivity index (χ0n) is 18.8. The van der Waals surface area contributed by atoms with Crippen LogP contribution in [-0.2, 0) is 14.3 Å². The topological polar surface area (TPSA) is 108 Å². The van der Waals surface area contributed by atoms with Crippen molar-refractivity contribution < 1.29 is 14.3 Å². The van der Waals surface area contributed by atoms with E-state index in [0.29, 0.717) is 17.8 Å². The number of nitrogens with two attached hydrogens (primary N) is 1. The second-order valence-corrected chi connectivity index (χ2v) is 10.6. The molecule has 5 fully saturated rings. The Hall–Kier alpha value is -1.91. The quantitative estimate of drug-likeness (QED) is 0.604. The molecule has 31 heavy (non-hydrogen) atoms. The normalized spacial score (nSPS) is 39.8. The summed E-state index contributed by atoms with van der Waals surface area (Å²) in [5, 5.41) is 12.6. The van der Waals surface area contributed by atoms with Crippen molar-refractivity contribution in [3.8, 4) is 6.07 Å². The number of likely N-dealkylation sites (tertiary alicyclic amines) is 1. The highest BCUT2D eigenvalue weighted by Gasteiger charge is 2.65. The summed E-state index contributed by atoms with van der Waals surface area (Å²) in [6.45, 7) is 4.12. The minimum Gasteiger partial charge on any atom is -0.430 e. The fourth-order valence-electron chi connectivity index (χ4n) is 7.21. The number of esters is 1. The molecule has 7 rings (SSSR count). The number of nitrogens with zero attached hydrogens (tertiary/aromatic N) is 2. The number of hydrogen-bond acceptors (Lipinski definition) is 6. The van der Waals surface area contributed by atoms with Gasteiger partial charge in [-0.2, -0.15) is 5.26 Å². The van der Waals surface area contributed by atoms with Gasteiger partial charge in [-0.15, -0.1) is 0 Å². The van der Waals surface area contributed by atoms with Gasteiger partial charge in [-0.3, -0.25) is 4.79 Å². The highest BCUT2D eigenvalue weighted by atomic mass is 16.5. The predicted octanol–water partition coefficient (Wildman–Crippen LogP) is 2.08. The van der Waals surface area contributed by atoms with Crippen molar-refractivity contribution >= 4 is 11.9 Å². The minimum absolute atomic E-state index is 0.0755. The van der Waals surface area contributed by atoms with Crippen molar-refractivity contribution in [3.05, 3.63) is 11.3 Å². The molecule has 1 saturated heterocycles. The van der Waals surface area contributed by atoms with E-state index in [1.807, 2.05) is 6.92 Å². The lowest BCUT2D eigenvalue weighted by Crippen LogP contribution is -2.65. The molecule has 0 aromatic rings. The van der Waals surface area contributed by atoms with Crippen molar-refractivity contribution in [2.75, 3.05) is 7.05 Å². The van der Waals surface area contributed by atoms with E-state index in [1.54, 1.807) is 11.9 Å². The Morgan fingerprint density at radius 2 is 2.13 bits per heavy atom. The maximum absolute atomic E-state index is 13.5. The summed E-state index contributed by atoms with van der Waals surface area (Å²) in [5.41, 5.74) is 7.43. The Kier molecular flexibility index (Phi) is 4.95. The van der Waals surface area contributed by atoms with Gasteiger partial charge in [0.1, 0.15) is 17.8 Å². The lowest BCUT2D eigenvalue weighted by Gasteiger charge is -2.63. The number of rotatable bonds is 7. The summed E-state index contributed by atoms with van der Waals surface area (Å²) in [5.74, 6) is 1.92. The van der Waals surface area contributed by atoms with Crippen LogP contribution in [0.25, 0.3) is 0 Å². The second kappa shape index (κ2) is 7.31. The smallest absolute Gasteiger partial charge is 0.328 e. The number of nitrogens with one attached hydrogen (secondary N) is 1. The van der Waals surface area contributed by atoms with Gasteiger partial charge in [0.25, 0.3) is 0 Å². The molecule has 7 nitrogen and oxygen atoms in total. The third-order valence-electron chi connectivity index (χ3n) is 8.97. The van der Waals surface area contributed by atoms with Gasteiger partial charge in [-0.05, 0) is 68.4 Å². The molecule has 1 amide bonds. The first kappa shape index (κ1) is 21.0. The van der Waals surface area contributed by atoms with Crippen molar-refractivity contribution in [2.45, 2.75) is 83.0 Å². The van der Waals surface area contributed by atoms with E-state index in [4.69, 9.17) is 10.5 Å². The molecule has 0 radical (unpaired) electrons. The van der Waals surface area contributed by atoms with Crippen LogP contribution in [-0.4, -0.2) is 48.0 Å². The molecule has 0 spiro atoms. The number of piperidine rings is 1. The SMILES string of the molecule is CCC(C)[C@H](NC)C(=O)OC1=C2C3CC(C1)CC2([C@H](N)C(=O)N1[C@H](C#N)C[C@@H]2C[C@@H]21)C3. The van der Waals surface area contributed by atoms with Crippen LogP contribution in [0.4, 0.5) is 0 Å². The predicted molar refractivity (Wildman–Crippen MR) is 114 cm³/mol. The molecule has 3 N–H and O–H groups in total. The third-order valence-corrected chi connectivity index (χ3v) is 8.97. The van der Waals surface area contributed by atoms with Crippen LogP contribution in [0.3, 0.4) is 0 Å². The fraction of sp³-hybridized carbons (Fsp3) is 0.792. The van der Waals surface area contributed by atoms with Crippen LogP contribution >= 0.6 is 0 Å². The fourth-order valence-corrected chi connectivity index (χ4v) is 7.21. The monoisotopic (exact) mass is 426 g/mol. The number of hydrogen-bond donors (Lipinski definition) is 2. The molecular weight excluding hydrogens is 392 g/mol. The summed E-state index contributed by atoms with van der Waals surface area (Å²) < 4.78 is 6.00. The summed E-state index contributed by atoms with van der Waals surface area (Å²) in [7, 11) is 1.79. The first-order chi connectivity index (χ1) is 14.8. The molecule has 4 saturated carbocycles. The van der Waals surface area contributed by atoms with E-state index < -0.39 is 11.5 Å². The van der Waals surface area contributed by atoms with Gasteiger partial charge < -0.3 is 20.7 Å². The number of allylic oxidation sites excluding steroid dienone is 1. The zero-order chi connectivity index (χ0) is 22.1. The van der Waals surface area contributed by atoms with Crippen molar-refractivity contribution in [1.82, 2.24) is 10.2 Å². The van der Waals surface area contributed by atoms with Gasteiger partial charge in [0.2, 0.25) is 5.91 Å². The Bertz CT molecular complexity index is 879. The second-order valence-electron chi connectivity index (χ2n) is 10.6. The zero-order valence-corrected chi connectivity index (χ0v) is 18.8. The average molecular weight is 427 g/mol. The Morgan fingerprint density at radius 1 is 1.35 bits per heavy atom. The highest BCUT2D eigenvalue weighted by Crippen LogP contribution is 2.68. The maximum atomic E-state index is 13.5. The van der Waals surface area contributed by atoms with Crippen LogP contribution in [0.5, 0.6) is 0 Å². The molecule has 0 aromatic heterocycles. The van der Waals surface area contributed by atoms with Gasteiger partial charge >= 0.3 is 5.97 Å². The Balaban J connectivity index is 1.39. The molecule has 168 valence electrons. The van der Waals surface area contributed by atoms with Gasteiger partial charge in [-0.1, -0.05) is 20.3 Å². The first-order valence-electron chi connectivity index (χ1n) is 11.9. The largest absolute Gasteiger partial charge is 0.430 e. The number of amides is 1. The van der Waals surface area contributed by atoms with Crippen LogP contribution < -0.4 is 11.1 Å². The number of carbonyl (C=O) groups is 2. The highest BCUT2D eigenvalue weighted by molar-refractivity contribution is 5.86. The Morgan fingerprint density at radius 3 is 2.77 bits per heavy atom. The maximum Gasteiger partial charge on any atom is 0.328 e. The van der Waals surface area contributed by atoms with Gasteiger partial charge in [0, 0.05) is 17.9 Å². The van der Waals surface area contributed by atoms with Crippen LogP contribution in [0, 0.1) is 40.4 Å². The molecule has 6 aliphatic carbocycles. The molecule has 4 unspecified atom stereocenters. The number of nitriles is 1. The van der Waals surface area contributed by atoms with Crippen molar-refractivity contribution in [2.24, 2.45) is 34.8 Å². The van der Waals surface area contributed by atoms with Crippen molar-refractivity contribution in [1.29, 1.82) is 5.26 Å². The molecule has 4 bridgehead atoms. The molecule has 1 aliphatic heterocycles. The van der Waals surface area contributed by atoms with E-state index in [-0.39, 0.29) is 35.9 Å². The van der Waals surface area contributed by atoms with Gasteiger partial charge in [0.05, 0.1) is 12.1 Å². The van der Waals surface area contributed by atoms with E-state index >= 15 is 0 Å². The molecule has 7 heteroatoms. The van der Waals surface area contributed by atoms with Crippen LogP contribution in [0.1, 0.15) is 58.8 Å². The lowest BCUT2D eigenvalue weighted by molar-refractivity contribution is -0.147. The molecule has 1 heterocycles. The molecular formula is C24H34N4O3. The summed E-state index contributed by atoms with van der Waals surface area (Å²) in [6.07, 6.45) is 6.34. The molecule has 0 aromatic carbocycles. The Labute approximate surface area is 184 Å². The van der Waals surface area contributed by atoms with Gasteiger partial charge in [0.15, 0.2) is 0 Å². The lowest BCUT2D eigenvalue weighted by atomic mass is 9.42. The summed E-state index contributed by atoms with van der Waals surface area (Å²) in [6, 6.07) is 1.18. The number of fused-ring (bicyclic) bond motifs is 2. The minimum atomic E-state index is -0.652. The van der Waals surface area contributed by atoms with Gasteiger partial charge in [-0.25, -0.2) is 4.79 Å². The third kappa shape index (κ3) is 2.98. The number of likely N-dealkylation sites (N-methyl/N-ethyl adjacent to an activating group) is 1. The van der Waals surface area contributed by atoms with Crippen molar-refractivity contribution in [3.63, 3.8) is 0 Å². The van der Waals surface area contributed by atoms with E-state index in [0.717, 1.165) is 56.3 Å². The molecule has 9 atom stereocenters. The number of carbonyl (C=O) groups excluding carboxylic acids is 2. The van der Waals surface area contributed by atoms with E-state index in [9.17, 15) is 14.9 Å². The summed E-state index contributed by atoms with van der Waals surface area (Å²) in [4.78, 5) is 28.2. The summed E-state index contributed by atoms with van der Waals surface area (Å²) >= 11 is 0. The standard InChI is InChI=1S/C24H34N4O3/c1-4-12(2)20(27-3)23(30)31-18-6-13-5-15-10-24(9-13,19(15)18)21(26)22(29)28-16(11-25)7-14-8-17(14)28/h12-17,20-21,27H,4-10,26H2,1-3H3/t12?,13?,14-,15?,16+,17+,20+,21-,24?/m1/s1. The van der Waals surface area contributed by atoms with E-state index in [2.05, 4.69) is 18.3 Å². The number of ether oxygens (including phenoxy) is 1. The average Bonchev–Trinajstić information content (AvgIpc) is 3.41. The van der Waals surface area contributed by atoms with Crippen LogP contribution in [0.2, 0.25) is 0 Å². The first-order valence-corrected chi connectivity index (χ1v) is 11.9.